The Kier molecular flexibility index (Phi) is 4.72. The van der Waals surface area contributed by atoms with Crippen molar-refractivity contribution in [1.82, 2.24) is 0 Å². The van der Waals surface area contributed by atoms with Crippen LogP contribution in [0.3, 0.4) is 0 Å². The Labute approximate surface area is 180 Å². The fraction of sp³-hybridized carbons (Fsp3) is 0.769. The lowest BCUT2D eigenvalue weighted by molar-refractivity contribution is -0.113. The number of fused-ring (bicyclic) bond motifs is 5. The maximum atomic E-state index is 11.7. The third-order valence-corrected chi connectivity index (χ3v) is 10.0. The molecule has 2 N–H and O–H groups in total. The normalized spacial score (nSPS) is 45.0. The van der Waals surface area contributed by atoms with E-state index in [2.05, 4.69) is 19.9 Å². The molecule has 3 saturated carbocycles. The molecule has 5 rings (SSSR count). The van der Waals surface area contributed by atoms with E-state index in [1.54, 1.807) is 13.2 Å². The van der Waals surface area contributed by atoms with Crippen molar-refractivity contribution in [3.63, 3.8) is 0 Å². The van der Waals surface area contributed by atoms with Crippen LogP contribution in [0, 0.1) is 34.5 Å². The van der Waals surface area contributed by atoms with Crippen LogP contribution in [0.15, 0.2) is 28.2 Å². The van der Waals surface area contributed by atoms with Gasteiger partial charge in [0.2, 0.25) is 0 Å². The summed E-state index contributed by atoms with van der Waals surface area (Å²) in [6, 6.07) is 3.69. The number of allylic oxidation sites excluding steroid dienone is 1. The van der Waals surface area contributed by atoms with E-state index in [0.717, 1.165) is 38.0 Å². The van der Waals surface area contributed by atoms with Gasteiger partial charge in [-0.05, 0) is 92.9 Å². The Bertz CT molecular complexity index is 838. The molecule has 5 unspecified atom stereocenters. The van der Waals surface area contributed by atoms with Gasteiger partial charge in [-0.1, -0.05) is 25.5 Å². The second-order valence-corrected chi connectivity index (χ2v) is 11.3. The van der Waals surface area contributed by atoms with Gasteiger partial charge in [0.25, 0.3) is 5.95 Å². The summed E-state index contributed by atoms with van der Waals surface area (Å²) in [5, 5.41) is 21.9. The van der Waals surface area contributed by atoms with Crippen LogP contribution in [-0.4, -0.2) is 23.4 Å². The SMILES string of the molecule is COc1ccc(C(C)(O)C2CCC3C4CC=C5C[C@@H](O)CC[C@]5(C)C4CC[C@@]32C)o1. The van der Waals surface area contributed by atoms with Crippen LogP contribution in [0.1, 0.15) is 77.9 Å². The monoisotopic (exact) mass is 414 g/mol. The fourth-order valence-electron chi connectivity index (χ4n) is 8.44. The quantitative estimate of drug-likeness (QED) is 0.647. The van der Waals surface area contributed by atoms with Crippen LogP contribution in [-0.2, 0) is 5.60 Å². The van der Waals surface area contributed by atoms with Crippen molar-refractivity contribution in [2.24, 2.45) is 34.5 Å². The predicted molar refractivity (Wildman–Crippen MR) is 116 cm³/mol. The predicted octanol–water partition coefficient (Wildman–Crippen LogP) is 5.44. The molecule has 0 aliphatic heterocycles. The maximum absolute atomic E-state index is 11.7. The smallest absolute Gasteiger partial charge is 0.284 e. The summed E-state index contributed by atoms with van der Waals surface area (Å²) in [7, 11) is 1.60. The van der Waals surface area contributed by atoms with Gasteiger partial charge in [0.05, 0.1) is 13.2 Å². The number of hydrogen-bond donors (Lipinski definition) is 2. The summed E-state index contributed by atoms with van der Waals surface area (Å²) in [6.07, 6.45) is 11.1. The topological polar surface area (TPSA) is 62.8 Å². The molecule has 1 aromatic rings. The largest absolute Gasteiger partial charge is 0.468 e. The Morgan fingerprint density at radius 1 is 1.10 bits per heavy atom. The number of hydrogen-bond acceptors (Lipinski definition) is 4. The molecule has 30 heavy (non-hydrogen) atoms. The molecule has 1 heterocycles. The first-order chi connectivity index (χ1) is 14.2. The average Bonchev–Trinajstić information content (AvgIpc) is 3.33. The minimum absolute atomic E-state index is 0.126. The molecule has 0 saturated heterocycles. The minimum atomic E-state index is -0.984. The lowest BCUT2D eigenvalue weighted by Crippen LogP contribution is -2.52. The van der Waals surface area contributed by atoms with E-state index in [0.29, 0.717) is 23.5 Å². The van der Waals surface area contributed by atoms with Crippen LogP contribution in [0.2, 0.25) is 0 Å². The van der Waals surface area contributed by atoms with E-state index in [9.17, 15) is 10.2 Å². The molecule has 1 aromatic heterocycles. The highest BCUT2D eigenvalue weighted by Gasteiger charge is 2.62. The summed E-state index contributed by atoms with van der Waals surface area (Å²) in [5.41, 5.74) is 0.927. The van der Waals surface area contributed by atoms with Crippen LogP contribution >= 0.6 is 0 Å². The van der Waals surface area contributed by atoms with E-state index < -0.39 is 5.60 Å². The number of aliphatic hydroxyl groups excluding tert-OH is 1. The van der Waals surface area contributed by atoms with Gasteiger partial charge in [-0.15, -0.1) is 0 Å². The summed E-state index contributed by atoms with van der Waals surface area (Å²) in [6.45, 7) is 6.85. The van der Waals surface area contributed by atoms with Gasteiger partial charge in [-0.25, -0.2) is 0 Å². The molecule has 4 heteroatoms. The first-order valence-corrected chi connectivity index (χ1v) is 11.9. The van der Waals surface area contributed by atoms with Crippen molar-refractivity contribution in [3.05, 3.63) is 29.5 Å². The number of rotatable bonds is 3. The van der Waals surface area contributed by atoms with Gasteiger partial charge in [0.1, 0.15) is 11.4 Å². The van der Waals surface area contributed by atoms with Crippen molar-refractivity contribution in [2.75, 3.05) is 7.11 Å². The summed E-state index contributed by atoms with van der Waals surface area (Å²) in [4.78, 5) is 0. The molecule has 0 spiro atoms. The first-order valence-electron chi connectivity index (χ1n) is 11.9. The molecule has 0 amide bonds. The minimum Gasteiger partial charge on any atom is -0.468 e. The van der Waals surface area contributed by atoms with Crippen LogP contribution in [0.4, 0.5) is 0 Å². The molecule has 4 aliphatic rings. The maximum Gasteiger partial charge on any atom is 0.284 e. The molecule has 166 valence electrons. The van der Waals surface area contributed by atoms with Gasteiger partial charge >= 0.3 is 0 Å². The highest BCUT2D eigenvalue weighted by molar-refractivity contribution is 5.26. The van der Waals surface area contributed by atoms with Crippen LogP contribution in [0.5, 0.6) is 5.95 Å². The Morgan fingerprint density at radius 2 is 1.90 bits per heavy atom. The van der Waals surface area contributed by atoms with Crippen LogP contribution < -0.4 is 4.74 Å². The molecule has 8 atom stereocenters. The fourth-order valence-corrected chi connectivity index (χ4v) is 8.44. The van der Waals surface area contributed by atoms with E-state index in [4.69, 9.17) is 9.15 Å². The van der Waals surface area contributed by atoms with Gasteiger partial charge in [-0.3, -0.25) is 0 Å². The van der Waals surface area contributed by atoms with Gasteiger partial charge in [-0.2, -0.15) is 0 Å². The standard InChI is InChI=1S/C26H38O4/c1-24-13-11-17(27)15-16(24)5-6-18-19-7-8-21(25(19,2)14-12-20(18)24)26(3,28)22-9-10-23(29-4)30-22/h5,9-10,17-21,27-28H,6-8,11-15H2,1-4H3/t17-,18?,19?,20?,21?,24-,25-,26?/m0/s1. The van der Waals surface area contributed by atoms with E-state index >= 15 is 0 Å². The first kappa shape index (κ1) is 20.6. The summed E-state index contributed by atoms with van der Waals surface area (Å²) in [5.74, 6) is 3.35. The molecule has 0 radical (unpaired) electrons. The highest BCUT2D eigenvalue weighted by atomic mass is 16.6. The number of methoxy groups -OCH3 is 1. The van der Waals surface area contributed by atoms with Gasteiger partial charge in [0.15, 0.2) is 0 Å². The molecular weight excluding hydrogens is 376 g/mol. The Balaban J connectivity index is 1.44. The molecule has 0 aromatic carbocycles. The Hall–Kier alpha value is -1.26. The molecule has 0 bridgehead atoms. The zero-order chi connectivity index (χ0) is 21.3. The number of furan rings is 1. The van der Waals surface area contributed by atoms with E-state index in [1.165, 1.54) is 24.8 Å². The van der Waals surface area contributed by atoms with Crippen molar-refractivity contribution in [2.45, 2.75) is 83.8 Å². The zero-order valence-corrected chi connectivity index (χ0v) is 19.0. The Morgan fingerprint density at radius 3 is 2.63 bits per heavy atom. The van der Waals surface area contributed by atoms with Gasteiger partial charge in [0, 0.05) is 12.0 Å². The second-order valence-electron chi connectivity index (χ2n) is 11.3. The molecular formula is C26H38O4. The third-order valence-electron chi connectivity index (χ3n) is 10.0. The zero-order valence-electron chi connectivity index (χ0n) is 19.0. The van der Waals surface area contributed by atoms with Crippen LogP contribution in [0.25, 0.3) is 0 Å². The van der Waals surface area contributed by atoms with Crippen molar-refractivity contribution < 1.29 is 19.4 Å². The van der Waals surface area contributed by atoms with Crippen molar-refractivity contribution in [1.29, 1.82) is 0 Å². The molecule has 4 aliphatic carbocycles. The van der Waals surface area contributed by atoms with E-state index in [1.807, 2.05) is 13.0 Å². The molecule has 3 fully saturated rings. The number of aliphatic hydroxyl groups is 2. The van der Waals surface area contributed by atoms with Crippen molar-refractivity contribution in [3.8, 4) is 5.95 Å². The van der Waals surface area contributed by atoms with Crippen molar-refractivity contribution >= 4 is 0 Å². The third kappa shape index (κ3) is 2.79. The lowest BCUT2D eigenvalue weighted by atomic mass is 9.46. The number of ether oxygens (including phenoxy) is 1. The van der Waals surface area contributed by atoms with Gasteiger partial charge < -0.3 is 19.4 Å². The molecule has 4 nitrogen and oxygen atoms in total. The van der Waals surface area contributed by atoms with E-state index in [-0.39, 0.29) is 22.9 Å². The lowest BCUT2D eigenvalue weighted by Gasteiger charge is -2.58. The summed E-state index contributed by atoms with van der Waals surface area (Å²) >= 11 is 0. The average molecular weight is 415 g/mol. The second kappa shape index (κ2) is 6.87. The highest BCUT2D eigenvalue weighted by Crippen LogP contribution is 2.68. The summed E-state index contributed by atoms with van der Waals surface area (Å²) < 4.78 is 11.1.